The Labute approximate surface area is 109 Å². The van der Waals surface area contributed by atoms with Crippen LogP contribution in [0.1, 0.15) is 20.3 Å². The summed E-state index contributed by atoms with van der Waals surface area (Å²) in [6.45, 7) is 4.74. The first-order valence-corrected chi connectivity index (χ1v) is 7.21. The van der Waals surface area contributed by atoms with Gasteiger partial charge in [0.25, 0.3) is 0 Å². The van der Waals surface area contributed by atoms with E-state index in [0.717, 1.165) is 6.42 Å². The topological polar surface area (TPSA) is 46.2 Å². The normalized spacial score (nSPS) is 12.4. The van der Waals surface area contributed by atoms with Gasteiger partial charge >= 0.3 is 0 Å². The van der Waals surface area contributed by atoms with Gasteiger partial charge in [-0.05, 0) is 36.6 Å². The van der Waals surface area contributed by atoms with E-state index >= 15 is 0 Å². The van der Waals surface area contributed by atoms with Crippen LogP contribution in [0.25, 0.3) is 0 Å². The van der Waals surface area contributed by atoms with Crippen molar-refractivity contribution in [2.75, 3.05) is 12.3 Å². The molecule has 0 aliphatic rings. The lowest BCUT2D eigenvalue weighted by molar-refractivity contribution is -0.118. The Morgan fingerprint density at radius 2 is 1.94 bits per heavy atom. The first-order chi connectivity index (χ1) is 8.49. The van der Waals surface area contributed by atoms with Gasteiger partial charge in [-0.1, -0.05) is 13.8 Å². The van der Waals surface area contributed by atoms with Crippen molar-refractivity contribution in [1.29, 1.82) is 0 Å². The van der Waals surface area contributed by atoms with E-state index in [-0.39, 0.29) is 17.5 Å². The maximum absolute atomic E-state index is 12.7. The van der Waals surface area contributed by atoms with Crippen LogP contribution in [0.2, 0.25) is 0 Å². The molecule has 0 heterocycles. The molecule has 1 aromatic carbocycles. The van der Waals surface area contributed by atoms with E-state index in [9.17, 15) is 13.4 Å². The lowest BCUT2D eigenvalue weighted by Gasteiger charge is -2.07. The molecule has 0 aromatic heterocycles. The van der Waals surface area contributed by atoms with Crippen LogP contribution in [-0.4, -0.2) is 22.4 Å². The van der Waals surface area contributed by atoms with E-state index in [2.05, 4.69) is 19.2 Å². The lowest BCUT2D eigenvalue weighted by Crippen LogP contribution is -2.29. The molecule has 0 aliphatic heterocycles. The fraction of sp³-hybridized carbons (Fsp3) is 0.462. The molecule has 0 fully saturated rings. The molecule has 0 spiro atoms. The number of carbonyl (C=O) groups excluding carboxylic acids is 1. The fourth-order valence-corrected chi connectivity index (χ4v) is 2.29. The highest BCUT2D eigenvalue weighted by atomic mass is 32.2. The van der Waals surface area contributed by atoms with Crippen LogP contribution in [0.15, 0.2) is 29.2 Å². The molecule has 100 valence electrons. The van der Waals surface area contributed by atoms with E-state index in [1.807, 2.05) is 0 Å². The number of amides is 1. The average Bonchev–Trinajstić information content (AvgIpc) is 2.29. The number of halogens is 1. The van der Waals surface area contributed by atoms with Crippen LogP contribution in [0.5, 0.6) is 0 Å². The van der Waals surface area contributed by atoms with Gasteiger partial charge in [0, 0.05) is 11.4 Å². The van der Waals surface area contributed by atoms with Gasteiger partial charge in [0.05, 0.1) is 10.8 Å². The summed E-state index contributed by atoms with van der Waals surface area (Å²) in [5, 5.41) is 2.72. The fourth-order valence-electron chi connectivity index (χ4n) is 1.34. The van der Waals surface area contributed by atoms with Gasteiger partial charge in [-0.3, -0.25) is 9.00 Å². The van der Waals surface area contributed by atoms with Gasteiger partial charge < -0.3 is 5.32 Å². The average molecular weight is 271 g/mol. The van der Waals surface area contributed by atoms with Crippen molar-refractivity contribution in [3.63, 3.8) is 0 Å². The second-order valence-corrected chi connectivity index (χ2v) is 5.93. The van der Waals surface area contributed by atoms with Gasteiger partial charge in [0.2, 0.25) is 5.91 Å². The monoisotopic (exact) mass is 271 g/mol. The Hall–Kier alpha value is -1.23. The van der Waals surface area contributed by atoms with Crippen molar-refractivity contribution < 1.29 is 13.4 Å². The predicted molar refractivity (Wildman–Crippen MR) is 70.1 cm³/mol. The smallest absolute Gasteiger partial charge is 0.232 e. The molecule has 5 heteroatoms. The van der Waals surface area contributed by atoms with Crippen LogP contribution < -0.4 is 5.32 Å². The molecular weight excluding hydrogens is 253 g/mol. The molecule has 1 rings (SSSR count). The second kappa shape index (κ2) is 7.26. The summed E-state index contributed by atoms with van der Waals surface area (Å²) in [4.78, 5) is 12.0. The van der Waals surface area contributed by atoms with E-state index < -0.39 is 10.8 Å². The zero-order valence-corrected chi connectivity index (χ0v) is 11.4. The van der Waals surface area contributed by atoms with E-state index in [1.165, 1.54) is 24.3 Å². The number of benzene rings is 1. The van der Waals surface area contributed by atoms with Crippen LogP contribution in [0.3, 0.4) is 0 Å². The number of nitrogens with one attached hydrogen (secondary N) is 1. The van der Waals surface area contributed by atoms with Gasteiger partial charge in [0.1, 0.15) is 11.6 Å². The second-order valence-electron chi connectivity index (χ2n) is 4.48. The van der Waals surface area contributed by atoms with Gasteiger partial charge in [-0.2, -0.15) is 0 Å². The standard InChI is InChI=1S/C13H18FNO2S/c1-10(2)7-8-15-13(16)9-18(17)12-5-3-11(14)4-6-12/h3-6,10H,7-9H2,1-2H3,(H,15,16). The first kappa shape index (κ1) is 14.8. The Morgan fingerprint density at radius 3 is 2.50 bits per heavy atom. The third-order valence-electron chi connectivity index (χ3n) is 2.38. The van der Waals surface area contributed by atoms with E-state index in [1.54, 1.807) is 0 Å². The molecule has 0 saturated carbocycles. The largest absolute Gasteiger partial charge is 0.355 e. The molecule has 1 unspecified atom stereocenters. The summed E-state index contributed by atoms with van der Waals surface area (Å²) in [5.41, 5.74) is 0. The molecule has 18 heavy (non-hydrogen) atoms. The van der Waals surface area contributed by atoms with Crippen LogP contribution in [0.4, 0.5) is 4.39 Å². The Kier molecular flexibility index (Phi) is 5.98. The third kappa shape index (κ3) is 5.40. The zero-order chi connectivity index (χ0) is 13.5. The summed E-state index contributed by atoms with van der Waals surface area (Å²) in [6, 6.07) is 5.35. The quantitative estimate of drug-likeness (QED) is 0.861. The number of carbonyl (C=O) groups is 1. The van der Waals surface area contributed by atoms with Gasteiger partial charge in [-0.25, -0.2) is 4.39 Å². The minimum atomic E-state index is -1.41. The minimum absolute atomic E-state index is 0.0796. The van der Waals surface area contributed by atoms with Crippen LogP contribution in [-0.2, 0) is 15.6 Å². The molecule has 1 N–H and O–H groups in total. The van der Waals surface area contributed by atoms with Gasteiger partial charge in [0.15, 0.2) is 0 Å². The number of hydrogen-bond donors (Lipinski definition) is 1. The molecule has 1 atom stereocenters. The molecule has 3 nitrogen and oxygen atoms in total. The van der Waals surface area contributed by atoms with Gasteiger partial charge in [-0.15, -0.1) is 0 Å². The molecule has 0 saturated heterocycles. The SMILES string of the molecule is CC(C)CCNC(=O)CS(=O)c1ccc(F)cc1. The molecule has 1 aromatic rings. The van der Waals surface area contributed by atoms with Crippen molar-refractivity contribution in [3.8, 4) is 0 Å². The van der Waals surface area contributed by atoms with E-state index in [0.29, 0.717) is 17.4 Å². The summed E-state index contributed by atoms with van der Waals surface area (Å²) < 4.78 is 24.5. The highest BCUT2D eigenvalue weighted by molar-refractivity contribution is 7.85. The van der Waals surface area contributed by atoms with Crippen LogP contribution >= 0.6 is 0 Å². The first-order valence-electron chi connectivity index (χ1n) is 5.89. The number of rotatable bonds is 6. The Morgan fingerprint density at radius 1 is 1.33 bits per heavy atom. The highest BCUT2D eigenvalue weighted by Gasteiger charge is 2.10. The summed E-state index contributed by atoms with van der Waals surface area (Å²) in [5.74, 6) is -0.174. The van der Waals surface area contributed by atoms with Crippen molar-refractivity contribution >= 4 is 16.7 Å². The molecule has 0 radical (unpaired) electrons. The minimum Gasteiger partial charge on any atom is -0.355 e. The summed E-state index contributed by atoms with van der Waals surface area (Å²) in [6.07, 6.45) is 0.898. The predicted octanol–water partition coefficient (Wildman–Crippen LogP) is 2.10. The third-order valence-corrected chi connectivity index (χ3v) is 3.70. The summed E-state index contributed by atoms with van der Waals surface area (Å²) >= 11 is 0. The van der Waals surface area contributed by atoms with Crippen LogP contribution in [0, 0.1) is 11.7 Å². The molecular formula is C13H18FNO2S. The zero-order valence-electron chi connectivity index (χ0n) is 10.6. The molecule has 1 amide bonds. The molecule has 0 aliphatic carbocycles. The lowest BCUT2D eigenvalue weighted by atomic mass is 10.1. The highest BCUT2D eigenvalue weighted by Crippen LogP contribution is 2.07. The van der Waals surface area contributed by atoms with E-state index in [4.69, 9.17) is 0 Å². The Balaban J connectivity index is 2.40. The maximum atomic E-state index is 12.7. The van der Waals surface area contributed by atoms with Crippen molar-refractivity contribution in [2.45, 2.75) is 25.2 Å². The maximum Gasteiger partial charge on any atom is 0.232 e. The van der Waals surface area contributed by atoms with Crippen molar-refractivity contribution in [1.82, 2.24) is 5.32 Å². The van der Waals surface area contributed by atoms with Crippen molar-refractivity contribution in [2.24, 2.45) is 5.92 Å². The number of hydrogen-bond acceptors (Lipinski definition) is 2. The Bertz CT molecular complexity index is 418. The van der Waals surface area contributed by atoms with Crippen molar-refractivity contribution in [3.05, 3.63) is 30.1 Å². The molecule has 0 bridgehead atoms. The summed E-state index contributed by atoms with van der Waals surface area (Å²) in [7, 11) is -1.41.